The van der Waals surface area contributed by atoms with E-state index in [2.05, 4.69) is 4.99 Å². The predicted octanol–water partition coefficient (Wildman–Crippen LogP) is 1.19. The van der Waals surface area contributed by atoms with Crippen LogP contribution in [-0.2, 0) is 0 Å². The molecule has 3 nitrogen and oxygen atoms in total. The number of aromatic hydroxyl groups is 1. The second-order valence-electron chi connectivity index (χ2n) is 2.90. The van der Waals surface area contributed by atoms with Gasteiger partial charge in [0.05, 0.1) is 12.6 Å². The van der Waals surface area contributed by atoms with Crippen LogP contribution in [0.15, 0.2) is 29.3 Å². The van der Waals surface area contributed by atoms with E-state index in [4.69, 9.17) is 5.11 Å². The highest BCUT2D eigenvalue weighted by Crippen LogP contribution is 2.12. The number of benzene rings is 1. The van der Waals surface area contributed by atoms with Crippen molar-refractivity contribution in [3.8, 4) is 5.75 Å². The Labute approximate surface area is 77.4 Å². The van der Waals surface area contributed by atoms with Crippen molar-refractivity contribution in [3.63, 3.8) is 0 Å². The molecule has 1 aromatic rings. The van der Waals surface area contributed by atoms with Gasteiger partial charge in [0.25, 0.3) is 0 Å². The third-order valence-electron chi connectivity index (χ3n) is 1.54. The zero-order valence-corrected chi connectivity index (χ0v) is 7.51. The van der Waals surface area contributed by atoms with Crippen LogP contribution in [0.1, 0.15) is 12.5 Å². The van der Waals surface area contributed by atoms with Crippen molar-refractivity contribution in [2.45, 2.75) is 13.0 Å². The molecule has 0 saturated heterocycles. The van der Waals surface area contributed by atoms with Crippen LogP contribution in [0.4, 0.5) is 0 Å². The first-order valence-corrected chi connectivity index (χ1v) is 4.16. The summed E-state index contributed by atoms with van der Waals surface area (Å²) < 4.78 is 0. The molecule has 0 radical (unpaired) electrons. The van der Waals surface area contributed by atoms with Crippen LogP contribution >= 0.6 is 0 Å². The summed E-state index contributed by atoms with van der Waals surface area (Å²) in [5.41, 5.74) is 0.670. The summed E-state index contributed by atoms with van der Waals surface area (Å²) in [6.45, 7) is 2.02. The monoisotopic (exact) mass is 179 g/mol. The molecular formula is C10H13NO2. The molecule has 0 unspecified atom stereocenters. The molecule has 0 aliphatic carbocycles. The maximum Gasteiger partial charge on any atom is 0.124 e. The molecule has 2 N–H and O–H groups in total. The zero-order valence-electron chi connectivity index (χ0n) is 7.51. The Morgan fingerprint density at radius 3 is 2.77 bits per heavy atom. The number of para-hydroxylation sites is 1. The molecule has 0 bridgehead atoms. The lowest BCUT2D eigenvalue weighted by Gasteiger charge is -1.98. The molecule has 0 aliphatic rings. The third kappa shape index (κ3) is 3.25. The van der Waals surface area contributed by atoms with E-state index in [9.17, 15) is 5.11 Å². The standard InChI is InChI=1S/C10H13NO2/c1-8(12)6-11-7-9-4-2-3-5-10(9)13/h2-5,7-8,12-13H,6H2,1H3/t8-/m0/s1. The molecule has 70 valence electrons. The third-order valence-corrected chi connectivity index (χ3v) is 1.54. The average molecular weight is 179 g/mol. The van der Waals surface area contributed by atoms with Crippen molar-refractivity contribution < 1.29 is 10.2 Å². The summed E-state index contributed by atoms with van der Waals surface area (Å²) in [7, 11) is 0. The average Bonchev–Trinajstić information content (AvgIpc) is 2.08. The minimum absolute atomic E-state index is 0.205. The van der Waals surface area contributed by atoms with Gasteiger partial charge in [0.1, 0.15) is 5.75 Å². The number of nitrogens with zero attached hydrogens (tertiary/aromatic N) is 1. The zero-order chi connectivity index (χ0) is 9.68. The van der Waals surface area contributed by atoms with Gasteiger partial charge in [-0.1, -0.05) is 12.1 Å². The Bertz CT molecular complexity index is 295. The summed E-state index contributed by atoms with van der Waals surface area (Å²) in [6.07, 6.45) is 1.12. The molecular weight excluding hydrogens is 166 g/mol. The van der Waals surface area contributed by atoms with Gasteiger partial charge in [-0.15, -0.1) is 0 Å². The van der Waals surface area contributed by atoms with Crippen molar-refractivity contribution in [1.29, 1.82) is 0 Å². The summed E-state index contributed by atoms with van der Waals surface area (Å²) in [5, 5.41) is 18.2. The van der Waals surface area contributed by atoms with Crippen LogP contribution in [0.2, 0.25) is 0 Å². The maximum absolute atomic E-state index is 9.32. The summed E-state index contributed by atoms with van der Waals surface area (Å²) in [5.74, 6) is 0.205. The lowest BCUT2D eigenvalue weighted by Crippen LogP contribution is -2.03. The lowest BCUT2D eigenvalue weighted by molar-refractivity contribution is 0.204. The lowest BCUT2D eigenvalue weighted by atomic mass is 10.2. The van der Waals surface area contributed by atoms with Crippen LogP contribution in [-0.4, -0.2) is 29.1 Å². The number of hydrogen-bond acceptors (Lipinski definition) is 3. The van der Waals surface area contributed by atoms with Gasteiger partial charge in [0.15, 0.2) is 0 Å². The Balaban J connectivity index is 2.63. The normalized spacial score (nSPS) is 13.4. The molecule has 0 aliphatic heterocycles. The predicted molar refractivity (Wildman–Crippen MR) is 52.2 cm³/mol. The molecule has 1 aromatic carbocycles. The molecule has 0 aromatic heterocycles. The molecule has 1 atom stereocenters. The highest BCUT2D eigenvalue weighted by molar-refractivity contribution is 5.83. The number of aliphatic imine (C=N–C) groups is 1. The second kappa shape index (κ2) is 4.62. The highest BCUT2D eigenvalue weighted by Gasteiger charge is 1.95. The van der Waals surface area contributed by atoms with Gasteiger partial charge in [0, 0.05) is 11.8 Å². The highest BCUT2D eigenvalue weighted by atomic mass is 16.3. The molecule has 0 amide bonds. The number of rotatable bonds is 3. The van der Waals surface area contributed by atoms with E-state index in [1.54, 1.807) is 31.3 Å². The maximum atomic E-state index is 9.32. The van der Waals surface area contributed by atoms with Gasteiger partial charge < -0.3 is 10.2 Å². The minimum Gasteiger partial charge on any atom is -0.507 e. The molecule has 0 saturated carbocycles. The van der Waals surface area contributed by atoms with E-state index in [1.165, 1.54) is 0 Å². The quantitative estimate of drug-likeness (QED) is 0.685. The molecule has 13 heavy (non-hydrogen) atoms. The van der Waals surface area contributed by atoms with E-state index < -0.39 is 6.10 Å². The van der Waals surface area contributed by atoms with Crippen LogP contribution in [0.5, 0.6) is 5.75 Å². The number of aliphatic hydroxyl groups excluding tert-OH is 1. The second-order valence-corrected chi connectivity index (χ2v) is 2.90. The molecule has 3 heteroatoms. The van der Waals surface area contributed by atoms with E-state index in [0.29, 0.717) is 12.1 Å². The van der Waals surface area contributed by atoms with E-state index >= 15 is 0 Å². The Morgan fingerprint density at radius 2 is 2.15 bits per heavy atom. The van der Waals surface area contributed by atoms with Gasteiger partial charge in [-0.25, -0.2) is 0 Å². The fourth-order valence-corrected chi connectivity index (χ4v) is 0.900. The van der Waals surface area contributed by atoms with Gasteiger partial charge in [0.2, 0.25) is 0 Å². The van der Waals surface area contributed by atoms with Gasteiger partial charge >= 0.3 is 0 Å². The Morgan fingerprint density at radius 1 is 1.46 bits per heavy atom. The van der Waals surface area contributed by atoms with Crippen molar-refractivity contribution in [3.05, 3.63) is 29.8 Å². The minimum atomic E-state index is -0.442. The smallest absolute Gasteiger partial charge is 0.124 e. The van der Waals surface area contributed by atoms with Gasteiger partial charge in [-0.3, -0.25) is 4.99 Å². The van der Waals surface area contributed by atoms with Crippen LogP contribution in [0, 0.1) is 0 Å². The molecule has 0 spiro atoms. The van der Waals surface area contributed by atoms with E-state index in [-0.39, 0.29) is 5.75 Å². The molecule has 0 heterocycles. The summed E-state index contributed by atoms with van der Waals surface area (Å²) >= 11 is 0. The largest absolute Gasteiger partial charge is 0.507 e. The number of phenolic OH excluding ortho intramolecular Hbond substituents is 1. The SMILES string of the molecule is C[C@H](O)CN=Cc1ccccc1O. The van der Waals surface area contributed by atoms with Crippen molar-refractivity contribution in [1.82, 2.24) is 0 Å². The number of hydrogen-bond donors (Lipinski definition) is 2. The van der Waals surface area contributed by atoms with E-state index in [0.717, 1.165) is 0 Å². The van der Waals surface area contributed by atoms with Crippen LogP contribution in [0.25, 0.3) is 0 Å². The Hall–Kier alpha value is -1.35. The summed E-state index contributed by atoms with van der Waals surface area (Å²) in [6, 6.07) is 6.94. The van der Waals surface area contributed by atoms with Crippen molar-refractivity contribution in [2.24, 2.45) is 4.99 Å². The van der Waals surface area contributed by atoms with Gasteiger partial charge in [-0.2, -0.15) is 0 Å². The van der Waals surface area contributed by atoms with Crippen LogP contribution < -0.4 is 0 Å². The molecule has 1 rings (SSSR count). The fraction of sp³-hybridized carbons (Fsp3) is 0.300. The van der Waals surface area contributed by atoms with E-state index in [1.807, 2.05) is 6.07 Å². The van der Waals surface area contributed by atoms with Crippen molar-refractivity contribution >= 4 is 6.21 Å². The van der Waals surface area contributed by atoms with Gasteiger partial charge in [-0.05, 0) is 19.1 Å². The topological polar surface area (TPSA) is 52.8 Å². The van der Waals surface area contributed by atoms with Crippen molar-refractivity contribution in [2.75, 3.05) is 6.54 Å². The van der Waals surface area contributed by atoms with Crippen LogP contribution in [0.3, 0.4) is 0 Å². The Kier molecular flexibility index (Phi) is 3.46. The number of aliphatic hydroxyl groups is 1. The fourth-order valence-electron chi connectivity index (χ4n) is 0.900. The first-order chi connectivity index (χ1) is 6.20. The first kappa shape index (κ1) is 9.74. The molecule has 0 fully saturated rings. The number of phenols is 1. The summed E-state index contributed by atoms with van der Waals surface area (Å²) in [4.78, 5) is 3.97. The first-order valence-electron chi connectivity index (χ1n) is 4.16.